The monoisotopic (exact) mass is 411 g/mol. The molecule has 1 atom stereocenters. The molecule has 1 heterocycles. The second-order valence-electron chi connectivity index (χ2n) is 5.84. The zero-order chi connectivity index (χ0) is 20.0. The Morgan fingerprint density at radius 3 is 2.30 bits per heavy atom. The zero-order valence-corrected chi connectivity index (χ0v) is 13.9. The maximum Gasteiger partial charge on any atom is 0.435 e. The standard InChI is InChI=1S/C17H9ClF7NO/c18-12-6-9(4-5-13(12)19)14-8-15(27-26-14,17(23,24)25)10-2-1-3-11(7-10)16(20,21)22/h1-7H,8H2. The molecule has 27 heavy (non-hydrogen) atoms. The first-order chi connectivity index (χ1) is 12.4. The van der Waals surface area contributed by atoms with E-state index in [1.165, 1.54) is 0 Å². The van der Waals surface area contributed by atoms with Crippen LogP contribution in [0.1, 0.15) is 23.1 Å². The summed E-state index contributed by atoms with van der Waals surface area (Å²) in [6.45, 7) is 0. The number of nitrogens with zero attached hydrogens (tertiary/aromatic N) is 1. The molecular formula is C17H9ClF7NO. The van der Waals surface area contributed by atoms with Crippen molar-refractivity contribution in [2.75, 3.05) is 0 Å². The van der Waals surface area contributed by atoms with E-state index in [0.717, 1.165) is 30.3 Å². The van der Waals surface area contributed by atoms with Gasteiger partial charge in [0.1, 0.15) is 5.82 Å². The van der Waals surface area contributed by atoms with E-state index >= 15 is 0 Å². The van der Waals surface area contributed by atoms with E-state index in [9.17, 15) is 30.7 Å². The van der Waals surface area contributed by atoms with Crippen LogP contribution in [0.15, 0.2) is 47.6 Å². The Balaban J connectivity index is 2.04. The maximum atomic E-state index is 13.8. The van der Waals surface area contributed by atoms with Crippen molar-refractivity contribution in [1.29, 1.82) is 0 Å². The van der Waals surface area contributed by atoms with Crippen molar-refractivity contribution in [3.05, 3.63) is 70.0 Å². The van der Waals surface area contributed by atoms with Crippen LogP contribution in [0.2, 0.25) is 5.02 Å². The Labute approximate surface area is 153 Å². The van der Waals surface area contributed by atoms with Gasteiger partial charge in [-0.15, -0.1) is 0 Å². The number of hydrogen-bond donors (Lipinski definition) is 0. The van der Waals surface area contributed by atoms with Crippen LogP contribution in [0.3, 0.4) is 0 Å². The fourth-order valence-electron chi connectivity index (χ4n) is 2.68. The molecule has 0 radical (unpaired) electrons. The van der Waals surface area contributed by atoms with E-state index in [-0.39, 0.29) is 16.3 Å². The zero-order valence-electron chi connectivity index (χ0n) is 13.1. The number of oxime groups is 1. The van der Waals surface area contributed by atoms with Gasteiger partial charge in [0, 0.05) is 17.5 Å². The molecule has 0 N–H and O–H groups in total. The molecule has 0 aliphatic carbocycles. The molecule has 2 aromatic rings. The van der Waals surface area contributed by atoms with Crippen LogP contribution >= 0.6 is 11.6 Å². The molecule has 0 fully saturated rings. The summed E-state index contributed by atoms with van der Waals surface area (Å²) < 4.78 is 93.3. The topological polar surface area (TPSA) is 21.6 Å². The smallest absolute Gasteiger partial charge is 0.374 e. The number of hydrogen-bond acceptors (Lipinski definition) is 2. The van der Waals surface area contributed by atoms with Crippen molar-refractivity contribution < 1.29 is 35.6 Å². The highest BCUT2D eigenvalue weighted by molar-refractivity contribution is 6.31. The second kappa shape index (κ2) is 6.40. The molecule has 10 heteroatoms. The molecule has 3 rings (SSSR count). The molecule has 1 aliphatic rings. The predicted octanol–water partition coefficient (Wildman–Crippen LogP) is 6.08. The Kier molecular flexibility index (Phi) is 4.62. The lowest BCUT2D eigenvalue weighted by molar-refractivity contribution is -0.276. The molecule has 0 bridgehead atoms. The van der Waals surface area contributed by atoms with E-state index < -0.39 is 41.3 Å². The minimum atomic E-state index is -5.06. The van der Waals surface area contributed by atoms with Gasteiger partial charge in [-0.3, -0.25) is 0 Å². The van der Waals surface area contributed by atoms with Gasteiger partial charge in [-0.25, -0.2) is 4.39 Å². The third kappa shape index (κ3) is 3.47. The summed E-state index contributed by atoms with van der Waals surface area (Å²) in [6.07, 6.45) is -10.8. The van der Waals surface area contributed by atoms with E-state index in [0.29, 0.717) is 12.1 Å². The number of alkyl halides is 6. The van der Waals surface area contributed by atoms with Gasteiger partial charge >= 0.3 is 12.4 Å². The Bertz CT molecular complexity index is 907. The summed E-state index contributed by atoms with van der Waals surface area (Å²) in [6, 6.07) is 5.95. The van der Waals surface area contributed by atoms with Crippen LogP contribution in [0.5, 0.6) is 0 Å². The minimum absolute atomic E-state index is 0.0690. The van der Waals surface area contributed by atoms with Gasteiger partial charge in [-0.1, -0.05) is 35.0 Å². The highest BCUT2D eigenvalue weighted by atomic mass is 35.5. The Hall–Kier alpha value is -2.29. The highest BCUT2D eigenvalue weighted by Gasteiger charge is 2.62. The summed E-state index contributed by atoms with van der Waals surface area (Å²) in [5, 5.41) is 3.06. The molecule has 2 aromatic carbocycles. The van der Waals surface area contributed by atoms with Crippen LogP contribution in [-0.2, 0) is 16.6 Å². The molecule has 0 aromatic heterocycles. The van der Waals surface area contributed by atoms with Crippen LogP contribution in [-0.4, -0.2) is 11.9 Å². The summed E-state index contributed by atoms with van der Waals surface area (Å²) in [5.74, 6) is -0.778. The Morgan fingerprint density at radius 1 is 1.00 bits per heavy atom. The number of benzene rings is 2. The predicted molar refractivity (Wildman–Crippen MR) is 82.8 cm³/mol. The van der Waals surface area contributed by atoms with Crippen molar-refractivity contribution in [2.45, 2.75) is 24.4 Å². The first-order valence-electron chi connectivity index (χ1n) is 7.39. The Morgan fingerprint density at radius 2 is 1.70 bits per heavy atom. The van der Waals surface area contributed by atoms with Crippen molar-refractivity contribution in [1.82, 2.24) is 0 Å². The summed E-state index contributed by atoms with van der Waals surface area (Å²) in [5.41, 5.74) is -5.22. The SMILES string of the molecule is Fc1ccc(C2=NOC(c3cccc(C(F)(F)F)c3)(C(F)(F)F)C2)cc1Cl. The van der Waals surface area contributed by atoms with Crippen molar-refractivity contribution in [3.8, 4) is 0 Å². The number of halogens is 8. The lowest BCUT2D eigenvalue weighted by Gasteiger charge is -2.30. The molecule has 1 unspecified atom stereocenters. The number of rotatable bonds is 2. The molecule has 144 valence electrons. The minimum Gasteiger partial charge on any atom is -0.374 e. The van der Waals surface area contributed by atoms with Crippen LogP contribution in [0.25, 0.3) is 0 Å². The molecule has 2 nitrogen and oxygen atoms in total. The average Bonchev–Trinajstić information content (AvgIpc) is 3.03. The van der Waals surface area contributed by atoms with Gasteiger partial charge in [0.05, 0.1) is 16.3 Å². The summed E-state index contributed by atoms with van der Waals surface area (Å²) >= 11 is 5.62. The van der Waals surface area contributed by atoms with E-state index in [2.05, 4.69) is 9.99 Å². The van der Waals surface area contributed by atoms with E-state index in [1.54, 1.807) is 0 Å². The van der Waals surface area contributed by atoms with Gasteiger partial charge in [-0.05, 0) is 24.3 Å². The summed E-state index contributed by atoms with van der Waals surface area (Å²) in [7, 11) is 0. The molecule has 1 aliphatic heterocycles. The van der Waals surface area contributed by atoms with Gasteiger partial charge in [0.15, 0.2) is 0 Å². The van der Waals surface area contributed by atoms with Gasteiger partial charge in [-0.2, -0.15) is 26.3 Å². The first kappa shape index (κ1) is 19.5. The van der Waals surface area contributed by atoms with Crippen LogP contribution in [0, 0.1) is 5.82 Å². The lowest BCUT2D eigenvalue weighted by atomic mass is 9.86. The first-order valence-corrected chi connectivity index (χ1v) is 7.77. The van der Waals surface area contributed by atoms with Crippen molar-refractivity contribution in [3.63, 3.8) is 0 Å². The van der Waals surface area contributed by atoms with Crippen molar-refractivity contribution in [2.24, 2.45) is 5.16 Å². The summed E-state index contributed by atoms with van der Waals surface area (Å²) in [4.78, 5) is 4.65. The average molecular weight is 412 g/mol. The highest BCUT2D eigenvalue weighted by Crippen LogP contribution is 2.49. The largest absolute Gasteiger partial charge is 0.435 e. The second-order valence-corrected chi connectivity index (χ2v) is 6.25. The van der Waals surface area contributed by atoms with Gasteiger partial charge < -0.3 is 4.84 Å². The normalized spacial score (nSPS) is 20.4. The maximum absolute atomic E-state index is 13.8. The molecule has 0 amide bonds. The molecule has 0 spiro atoms. The fourth-order valence-corrected chi connectivity index (χ4v) is 2.86. The van der Waals surface area contributed by atoms with E-state index in [4.69, 9.17) is 11.6 Å². The lowest BCUT2D eigenvalue weighted by Crippen LogP contribution is -2.42. The third-order valence-corrected chi connectivity index (χ3v) is 4.38. The van der Waals surface area contributed by atoms with Crippen molar-refractivity contribution >= 4 is 17.3 Å². The third-order valence-electron chi connectivity index (χ3n) is 4.10. The van der Waals surface area contributed by atoms with E-state index in [1.807, 2.05) is 0 Å². The van der Waals surface area contributed by atoms with Gasteiger partial charge in [0.25, 0.3) is 5.60 Å². The molecule has 0 saturated heterocycles. The molecular weight excluding hydrogens is 403 g/mol. The quantitative estimate of drug-likeness (QED) is 0.549. The molecule has 0 saturated carbocycles. The van der Waals surface area contributed by atoms with Crippen LogP contribution < -0.4 is 0 Å². The van der Waals surface area contributed by atoms with Crippen LogP contribution in [0.4, 0.5) is 30.7 Å². The fraction of sp³-hybridized carbons (Fsp3) is 0.235. The van der Waals surface area contributed by atoms with Gasteiger partial charge in [0.2, 0.25) is 0 Å².